The molecule has 6 nitrogen and oxygen atoms in total. The van der Waals surface area contributed by atoms with Crippen LogP contribution in [-0.2, 0) is 6.54 Å². The summed E-state index contributed by atoms with van der Waals surface area (Å²) in [5.74, 6) is 0.473. The van der Waals surface area contributed by atoms with E-state index in [1.807, 2.05) is 12.1 Å². The summed E-state index contributed by atoms with van der Waals surface area (Å²) >= 11 is 0. The molecule has 0 bridgehead atoms. The van der Waals surface area contributed by atoms with E-state index in [9.17, 15) is 10.1 Å². The van der Waals surface area contributed by atoms with Crippen LogP contribution in [-0.4, -0.2) is 9.91 Å². The highest BCUT2D eigenvalue weighted by Crippen LogP contribution is 2.22. The van der Waals surface area contributed by atoms with E-state index in [0.29, 0.717) is 23.5 Å². The number of aromatic nitrogens is 1. The molecular weight excluding hydrogens is 256 g/mol. The Morgan fingerprint density at radius 2 is 2.20 bits per heavy atom. The molecule has 1 aromatic carbocycles. The molecule has 0 amide bonds. The van der Waals surface area contributed by atoms with Crippen LogP contribution in [0, 0.1) is 28.4 Å². The Balaban J connectivity index is 2.22. The van der Waals surface area contributed by atoms with Crippen LogP contribution < -0.4 is 5.32 Å². The lowest BCUT2D eigenvalue weighted by Gasteiger charge is -2.09. The molecule has 1 aromatic heterocycles. The minimum Gasteiger partial charge on any atom is -0.365 e. The Hall–Kier alpha value is -2.94. The number of nitro benzene ring substituents is 1. The average Bonchev–Trinajstić information content (AvgIpc) is 2.46. The van der Waals surface area contributed by atoms with Crippen molar-refractivity contribution in [2.75, 3.05) is 5.32 Å². The number of hydrogen-bond acceptors (Lipinski definition) is 5. The number of nitrogens with one attached hydrogen (secondary N) is 1. The first-order valence-electron chi connectivity index (χ1n) is 5.95. The largest absolute Gasteiger partial charge is 0.365 e. The van der Waals surface area contributed by atoms with Gasteiger partial charge >= 0.3 is 0 Å². The molecular formula is C14H12N4O2. The van der Waals surface area contributed by atoms with E-state index < -0.39 is 4.92 Å². The van der Waals surface area contributed by atoms with Gasteiger partial charge < -0.3 is 5.32 Å². The first-order valence-corrected chi connectivity index (χ1v) is 5.95. The standard InChI is InChI=1S/C14H12N4O2/c1-10-12(4-2-6-13(10)18(19)20)9-17-14-11(8-15)5-3-7-16-14/h2-7H,9H2,1H3,(H,16,17). The molecule has 2 aromatic rings. The summed E-state index contributed by atoms with van der Waals surface area (Å²) in [7, 11) is 0. The molecule has 0 saturated heterocycles. The molecule has 20 heavy (non-hydrogen) atoms. The monoisotopic (exact) mass is 268 g/mol. The van der Waals surface area contributed by atoms with Gasteiger partial charge in [0.2, 0.25) is 0 Å². The summed E-state index contributed by atoms with van der Waals surface area (Å²) in [6, 6.07) is 10.3. The van der Waals surface area contributed by atoms with E-state index in [1.165, 1.54) is 6.07 Å². The molecule has 0 aliphatic rings. The third-order valence-electron chi connectivity index (χ3n) is 2.99. The number of nitrogens with zero attached hydrogens (tertiary/aromatic N) is 3. The van der Waals surface area contributed by atoms with Crippen molar-refractivity contribution in [3.8, 4) is 6.07 Å². The Labute approximate surface area is 115 Å². The number of nitriles is 1. The van der Waals surface area contributed by atoms with Crippen molar-refractivity contribution < 1.29 is 4.92 Å². The first-order chi connectivity index (χ1) is 9.63. The smallest absolute Gasteiger partial charge is 0.272 e. The van der Waals surface area contributed by atoms with E-state index in [1.54, 1.807) is 31.3 Å². The van der Waals surface area contributed by atoms with Crippen molar-refractivity contribution in [3.05, 3.63) is 63.3 Å². The number of rotatable bonds is 4. The highest BCUT2D eigenvalue weighted by molar-refractivity contribution is 5.52. The third-order valence-corrected chi connectivity index (χ3v) is 2.99. The maximum Gasteiger partial charge on any atom is 0.272 e. The second-order valence-corrected chi connectivity index (χ2v) is 4.18. The topological polar surface area (TPSA) is 91.8 Å². The van der Waals surface area contributed by atoms with Gasteiger partial charge in [0.1, 0.15) is 11.9 Å². The number of hydrogen-bond donors (Lipinski definition) is 1. The molecule has 1 heterocycles. The summed E-state index contributed by atoms with van der Waals surface area (Å²) in [4.78, 5) is 14.6. The van der Waals surface area contributed by atoms with Crippen molar-refractivity contribution >= 4 is 11.5 Å². The fourth-order valence-electron chi connectivity index (χ4n) is 1.87. The molecule has 0 fully saturated rings. The number of nitro groups is 1. The molecule has 0 aliphatic heterocycles. The molecule has 1 N–H and O–H groups in total. The normalized spacial score (nSPS) is 9.80. The fraction of sp³-hybridized carbons (Fsp3) is 0.143. The van der Waals surface area contributed by atoms with E-state index in [4.69, 9.17) is 5.26 Å². The second kappa shape index (κ2) is 5.80. The lowest BCUT2D eigenvalue weighted by molar-refractivity contribution is -0.385. The van der Waals surface area contributed by atoms with Gasteiger partial charge in [-0.3, -0.25) is 10.1 Å². The van der Waals surface area contributed by atoms with E-state index in [-0.39, 0.29) is 5.69 Å². The van der Waals surface area contributed by atoms with Crippen molar-refractivity contribution in [2.24, 2.45) is 0 Å². The van der Waals surface area contributed by atoms with Crippen LogP contribution in [0.25, 0.3) is 0 Å². The van der Waals surface area contributed by atoms with Crippen LogP contribution >= 0.6 is 0 Å². The Kier molecular flexibility index (Phi) is 3.91. The molecule has 0 radical (unpaired) electrons. The fourth-order valence-corrected chi connectivity index (χ4v) is 1.87. The second-order valence-electron chi connectivity index (χ2n) is 4.18. The van der Waals surface area contributed by atoms with Gasteiger partial charge in [0.15, 0.2) is 0 Å². The Morgan fingerprint density at radius 3 is 2.90 bits per heavy atom. The van der Waals surface area contributed by atoms with E-state index >= 15 is 0 Å². The van der Waals surface area contributed by atoms with Crippen molar-refractivity contribution in [1.29, 1.82) is 5.26 Å². The molecule has 6 heteroatoms. The third kappa shape index (κ3) is 2.72. The van der Waals surface area contributed by atoms with Gasteiger partial charge in [-0.15, -0.1) is 0 Å². The predicted molar refractivity (Wildman–Crippen MR) is 74.1 cm³/mol. The first kappa shape index (κ1) is 13.5. The summed E-state index contributed by atoms with van der Waals surface area (Å²) < 4.78 is 0. The molecule has 2 rings (SSSR count). The van der Waals surface area contributed by atoms with Crippen molar-refractivity contribution in [3.63, 3.8) is 0 Å². The SMILES string of the molecule is Cc1c(CNc2ncccc2C#N)cccc1[N+](=O)[O-]. The molecule has 100 valence electrons. The zero-order valence-electron chi connectivity index (χ0n) is 10.8. The lowest BCUT2D eigenvalue weighted by Crippen LogP contribution is -2.05. The van der Waals surface area contributed by atoms with Crippen molar-refractivity contribution in [2.45, 2.75) is 13.5 Å². The highest BCUT2D eigenvalue weighted by Gasteiger charge is 2.13. The van der Waals surface area contributed by atoms with Crippen LogP contribution in [0.15, 0.2) is 36.5 Å². The predicted octanol–water partition coefficient (Wildman–Crippen LogP) is 2.78. The summed E-state index contributed by atoms with van der Waals surface area (Å²) in [6.07, 6.45) is 1.59. The van der Waals surface area contributed by atoms with E-state index in [2.05, 4.69) is 10.3 Å². The maximum absolute atomic E-state index is 10.9. The van der Waals surface area contributed by atoms with Gasteiger partial charge in [-0.25, -0.2) is 4.98 Å². The van der Waals surface area contributed by atoms with Gasteiger partial charge in [-0.05, 0) is 24.6 Å². The van der Waals surface area contributed by atoms with Crippen molar-refractivity contribution in [1.82, 2.24) is 4.98 Å². The molecule has 0 unspecified atom stereocenters. The van der Waals surface area contributed by atoms with Gasteiger partial charge in [0.25, 0.3) is 5.69 Å². The molecule has 0 saturated carbocycles. The summed E-state index contributed by atoms with van der Waals surface area (Å²) in [5.41, 5.74) is 1.94. The van der Waals surface area contributed by atoms with Crippen LogP contribution in [0.1, 0.15) is 16.7 Å². The minimum atomic E-state index is -0.402. The molecule has 0 atom stereocenters. The zero-order chi connectivity index (χ0) is 14.5. The van der Waals surface area contributed by atoms with Gasteiger partial charge in [-0.1, -0.05) is 12.1 Å². The number of pyridine rings is 1. The number of benzene rings is 1. The number of anilines is 1. The van der Waals surface area contributed by atoms with Crippen LogP contribution in [0.5, 0.6) is 0 Å². The van der Waals surface area contributed by atoms with E-state index in [0.717, 1.165) is 5.56 Å². The lowest BCUT2D eigenvalue weighted by atomic mass is 10.1. The van der Waals surface area contributed by atoms with Gasteiger partial charge in [-0.2, -0.15) is 5.26 Å². The Morgan fingerprint density at radius 1 is 1.40 bits per heavy atom. The summed E-state index contributed by atoms with van der Waals surface area (Å²) in [5, 5.41) is 22.9. The van der Waals surface area contributed by atoms with Gasteiger partial charge in [0, 0.05) is 24.4 Å². The molecule has 0 spiro atoms. The van der Waals surface area contributed by atoms with Gasteiger partial charge in [0.05, 0.1) is 10.5 Å². The van der Waals surface area contributed by atoms with Crippen LogP contribution in [0.3, 0.4) is 0 Å². The quantitative estimate of drug-likeness (QED) is 0.680. The van der Waals surface area contributed by atoms with Crippen LogP contribution in [0.4, 0.5) is 11.5 Å². The minimum absolute atomic E-state index is 0.0887. The zero-order valence-corrected chi connectivity index (χ0v) is 10.8. The van der Waals surface area contributed by atoms with Crippen LogP contribution in [0.2, 0.25) is 0 Å². The molecule has 0 aliphatic carbocycles. The Bertz CT molecular complexity index is 692. The maximum atomic E-state index is 10.9. The summed E-state index contributed by atoms with van der Waals surface area (Å²) in [6.45, 7) is 2.08. The average molecular weight is 268 g/mol. The highest BCUT2D eigenvalue weighted by atomic mass is 16.6.